The smallest absolute Gasteiger partial charge is 0.494 e. The van der Waals surface area contributed by atoms with Gasteiger partial charge in [0.05, 0.1) is 26.7 Å². The first-order valence-corrected chi connectivity index (χ1v) is 15.0. The molecule has 3 heterocycles. The number of methoxy groups -OCH3 is 1. The molecule has 0 fully saturated rings. The molecular formula is C26H24BrFN5O9P. The maximum Gasteiger partial charge on any atom is 0.519 e. The summed E-state index contributed by atoms with van der Waals surface area (Å²) in [7, 11) is -2.70. The number of nitrogens with zero attached hydrogens (tertiary/aromatic N) is 3. The lowest BCUT2D eigenvalue weighted by atomic mass is 10.1. The third-order valence-corrected chi connectivity index (χ3v) is 8.02. The predicted octanol–water partition coefficient (Wildman–Crippen LogP) is 4.43. The summed E-state index contributed by atoms with van der Waals surface area (Å²) in [6, 6.07) is 11.1. The Bertz CT molecular complexity index is 1920. The minimum absolute atomic E-state index is 0.00457. The molecule has 0 aliphatic heterocycles. The standard InChI is InChI=1S/C26H24BrFN5O9P/c1-37-19-6-5-16(10-18(19)28)22-20(41-26(35)42-22)12-40-43(36,39-11-15-3-2-4-17(27)9-15)14-38-8-7-33-13-30-21-23(33)31-25(29)32-24(21)34/h2-6,9-10,13H,7-8,11-12,14H2,1H3,(H3,29,31,32,34). The minimum Gasteiger partial charge on any atom is -0.494 e. The molecule has 226 valence electrons. The van der Waals surface area contributed by atoms with E-state index in [1.54, 1.807) is 22.8 Å². The fourth-order valence-electron chi connectivity index (χ4n) is 3.97. The van der Waals surface area contributed by atoms with Gasteiger partial charge in [0.2, 0.25) is 5.95 Å². The lowest BCUT2D eigenvalue weighted by Crippen LogP contribution is -2.13. The summed E-state index contributed by atoms with van der Waals surface area (Å²) in [6.45, 7) is -0.428. The molecule has 1 atom stereocenters. The van der Waals surface area contributed by atoms with Gasteiger partial charge in [-0.3, -0.25) is 18.9 Å². The number of nitrogen functional groups attached to an aromatic ring is 1. The molecule has 5 rings (SSSR count). The monoisotopic (exact) mass is 679 g/mol. The average molecular weight is 680 g/mol. The van der Waals surface area contributed by atoms with Crippen LogP contribution in [0.3, 0.4) is 0 Å². The number of aromatic amines is 1. The number of anilines is 1. The van der Waals surface area contributed by atoms with Gasteiger partial charge in [-0.05, 0) is 35.9 Å². The molecule has 0 spiro atoms. The number of nitrogens with one attached hydrogen (secondary N) is 1. The molecule has 0 saturated carbocycles. The second kappa shape index (κ2) is 13.1. The molecule has 43 heavy (non-hydrogen) atoms. The Balaban J connectivity index is 1.30. The van der Waals surface area contributed by atoms with Crippen molar-refractivity contribution in [3.05, 3.63) is 91.4 Å². The zero-order valence-corrected chi connectivity index (χ0v) is 24.9. The third kappa shape index (κ3) is 7.29. The van der Waals surface area contributed by atoms with Gasteiger partial charge in [-0.15, -0.1) is 0 Å². The van der Waals surface area contributed by atoms with Crippen LogP contribution in [-0.2, 0) is 38.1 Å². The van der Waals surface area contributed by atoms with Crippen molar-refractivity contribution in [3.63, 3.8) is 0 Å². The summed E-state index contributed by atoms with van der Waals surface area (Å²) in [5, 5.41) is 0. The Morgan fingerprint density at radius 2 is 1.95 bits per heavy atom. The van der Waals surface area contributed by atoms with Gasteiger partial charge >= 0.3 is 13.4 Å². The van der Waals surface area contributed by atoms with Gasteiger partial charge in [-0.25, -0.2) is 14.2 Å². The van der Waals surface area contributed by atoms with E-state index in [4.69, 9.17) is 33.1 Å². The lowest BCUT2D eigenvalue weighted by molar-refractivity contribution is 0.114. The average Bonchev–Trinajstić information content (AvgIpc) is 3.56. The highest BCUT2D eigenvalue weighted by Gasteiger charge is 2.28. The number of benzene rings is 2. The fraction of sp³-hybridized carbons (Fsp3) is 0.231. The molecule has 2 aromatic carbocycles. The van der Waals surface area contributed by atoms with Crippen LogP contribution in [-0.4, -0.2) is 39.6 Å². The van der Waals surface area contributed by atoms with E-state index in [9.17, 15) is 18.5 Å². The fourth-order valence-corrected chi connectivity index (χ4v) is 5.66. The second-order valence-electron chi connectivity index (χ2n) is 8.94. The number of aromatic nitrogens is 4. The van der Waals surface area contributed by atoms with Gasteiger partial charge in [0.15, 0.2) is 34.3 Å². The first kappa shape index (κ1) is 30.4. The van der Waals surface area contributed by atoms with E-state index >= 15 is 0 Å². The molecule has 14 nitrogen and oxygen atoms in total. The molecule has 0 saturated heterocycles. The van der Waals surface area contributed by atoms with Crippen molar-refractivity contribution in [2.45, 2.75) is 19.8 Å². The van der Waals surface area contributed by atoms with Crippen LogP contribution in [0.15, 0.2) is 71.7 Å². The van der Waals surface area contributed by atoms with E-state index in [0.717, 1.165) is 10.5 Å². The normalized spacial score (nSPS) is 12.9. The van der Waals surface area contributed by atoms with E-state index in [2.05, 4.69) is 30.9 Å². The molecule has 17 heteroatoms. The number of imidazole rings is 1. The number of hydrogen-bond acceptors (Lipinski definition) is 12. The van der Waals surface area contributed by atoms with Gasteiger partial charge in [0.25, 0.3) is 5.56 Å². The van der Waals surface area contributed by atoms with Gasteiger partial charge < -0.3 is 33.1 Å². The maximum absolute atomic E-state index is 14.3. The van der Waals surface area contributed by atoms with Crippen molar-refractivity contribution in [1.82, 2.24) is 19.5 Å². The Labute approximate surface area is 250 Å². The zero-order chi connectivity index (χ0) is 30.6. The number of hydrogen-bond donors (Lipinski definition) is 2. The minimum atomic E-state index is -4.01. The van der Waals surface area contributed by atoms with Crippen LogP contribution in [0, 0.1) is 5.82 Å². The SMILES string of the molecule is COc1ccc(-c2oc(=O)oc2COP(=O)(COCCn2cnc3c(=O)[nH]c(N)nc32)OCc2cccc(Br)c2)cc1F. The quantitative estimate of drug-likeness (QED) is 0.132. The first-order chi connectivity index (χ1) is 20.6. The van der Waals surface area contributed by atoms with Crippen molar-refractivity contribution in [1.29, 1.82) is 0 Å². The van der Waals surface area contributed by atoms with Crippen LogP contribution >= 0.6 is 23.5 Å². The van der Waals surface area contributed by atoms with E-state index in [-0.39, 0.29) is 59.7 Å². The Morgan fingerprint density at radius 1 is 1.14 bits per heavy atom. The third-order valence-electron chi connectivity index (χ3n) is 5.99. The number of H-pyrrole nitrogens is 1. The molecule has 3 N–H and O–H groups in total. The van der Waals surface area contributed by atoms with Crippen LogP contribution in [0.5, 0.6) is 5.75 Å². The van der Waals surface area contributed by atoms with Gasteiger partial charge in [-0.2, -0.15) is 4.98 Å². The Kier molecular flexibility index (Phi) is 9.22. The summed E-state index contributed by atoms with van der Waals surface area (Å²) in [5.41, 5.74) is 6.38. The van der Waals surface area contributed by atoms with Crippen molar-refractivity contribution >= 4 is 40.6 Å². The summed E-state index contributed by atoms with van der Waals surface area (Å²) in [4.78, 5) is 34.5. The van der Waals surface area contributed by atoms with Crippen LogP contribution in [0.25, 0.3) is 22.5 Å². The van der Waals surface area contributed by atoms with Gasteiger partial charge in [-0.1, -0.05) is 28.1 Å². The summed E-state index contributed by atoms with van der Waals surface area (Å²) >= 11 is 3.38. The van der Waals surface area contributed by atoms with E-state index in [0.29, 0.717) is 5.56 Å². The van der Waals surface area contributed by atoms with Crippen LogP contribution < -0.4 is 21.9 Å². The number of ether oxygens (including phenoxy) is 2. The zero-order valence-electron chi connectivity index (χ0n) is 22.5. The highest BCUT2D eigenvalue weighted by atomic mass is 79.9. The highest BCUT2D eigenvalue weighted by Crippen LogP contribution is 2.50. The number of rotatable bonds is 13. The van der Waals surface area contributed by atoms with Crippen molar-refractivity contribution in [2.75, 3.05) is 25.8 Å². The molecule has 0 aliphatic carbocycles. The second-order valence-corrected chi connectivity index (χ2v) is 11.9. The van der Waals surface area contributed by atoms with Crippen LogP contribution in [0.1, 0.15) is 11.3 Å². The van der Waals surface area contributed by atoms with E-state index in [1.165, 1.54) is 25.6 Å². The molecule has 5 aromatic rings. The maximum atomic E-state index is 14.3. The van der Waals surface area contributed by atoms with Crippen molar-refractivity contribution < 1.29 is 36.3 Å². The predicted molar refractivity (Wildman–Crippen MR) is 154 cm³/mol. The molecule has 0 bridgehead atoms. The Hall–Kier alpha value is -4.08. The van der Waals surface area contributed by atoms with Gasteiger partial charge in [0.1, 0.15) is 13.0 Å². The Morgan fingerprint density at radius 3 is 2.72 bits per heavy atom. The number of nitrogens with two attached hydrogens (primary N) is 1. The summed E-state index contributed by atoms with van der Waals surface area (Å²) < 4.78 is 62.6. The van der Waals surface area contributed by atoms with Crippen molar-refractivity contribution in [3.8, 4) is 17.1 Å². The molecule has 3 aromatic heterocycles. The lowest BCUT2D eigenvalue weighted by Gasteiger charge is -2.18. The summed E-state index contributed by atoms with van der Waals surface area (Å²) in [5.74, 6) is -2.09. The van der Waals surface area contributed by atoms with Crippen LogP contribution in [0.4, 0.5) is 10.3 Å². The highest BCUT2D eigenvalue weighted by molar-refractivity contribution is 9.10. The molecule has 0 amide bonds. The molecule has 0 radical (unpaired) electrons. The van der Waals surface area contributed by atoms with Crippen molar-refractivity contribution in [2.24, 2.45) is 0 Å². The first-order valence-electron chi connectivity index (χ1n) is 12.5. The van der Waals surface area contributed by atoms with E-state index in [1.807, 2.05) is 6.07 Å². The number of fused-ring (bicyclic) bond motifs is 1. The summed E-state index contributed by atoms with van der Waals surface area (Å²) in [6.07, 6.45) is 0.915. The van der Waals surface area contributed by atoms with Gasteiger partial charge in [0, 0.05) is 16.6 Å². The molecular weight excluding hydrogens is 656 g/mol. The molecule has 1 unspecified atom stereocenters. The number of halogens is 2. The largest absolute Gasteiger partial charge is 0.519 e. The van der Waals surface area contributed by atoms with E-state index < -0.39 is 37.7 Å². The van der Waals surface area contributed by atoms with Crippen LogP contribution in [0.2, 0.25) is 0 Å². The topological polar surface area (TPSA) is 187 Å². The molecule has 0 aliphatic rings.